The van der Waals surface area contributed by atoms with E-state index in [1.165, 1.54) is 37.7 Å². The second kappa shape index (κ2) is 5.39. The number of nitrogens with two attached hydrogens (primary N) is 1. The Bertz CT molecular complexity index is 365. The monoisotopic (exact) mass is 245 g/mol. The molecule has 2 saturated heterocycles. The Kier molecular flexibility index (Phi) is 3.64. The van der Waals surface area contributed by atoms with Crippen LogP contribution >= 0.6 is 0 Å². The molecule has 0 aromatic heterocycles. The maximum atomic E-state index is 5.64. The van der Waals surface area contributed by atoms with Gasteiger partial charge in [-0.15, -0.1) is 0 Å². The van der Waals surface area contributed by atoms with Crippen LogP contribution in [0.2, 0.25) is 0 Å². The van der Waals surface area contributed by atoms with Crippen molar-refractivity contribution in [2.75, 3.05) is 0 Å². The molecule has 1 aromatic rings. The number of hydrazine groups is 1. The first kappa shape index (κ1) is 12.2. The number of hydrogen-bond donors (Lipinski definition) is 2. The lowest BCUT2D eigenvalue weighted by atomic mass is 9.81. The van der Waals surface area contributed by atoms with Gasteiger partial charge in [0.05, 0.1) is 0 Å². The summed E-state index contributed by atoms with van der Waals surface area (Å²) in [4.78, 5) is 2.71. The zero-order valence-electron chi connectivity index (χ0n) is 10.9. The lowest BCUT2D eigenvalue weighted by Crippen LogP contribution is -2.56. The summed E-state index contributed by atoms with van der Waals surface area (Å²) in [6, 6.07) is 12.8. The van der Waals surface area contributed by atoms with E-state index in [4.69, 9.17) is 5.84 Å². The van der Waals surface area contributed by atoms with E-state index in [1.54, 1.807) is 0 Å². The molecular formula is C15H23N3. The minimum absolute atomic E-state index is 0.521. The molecule has 2 aliphatic heterocycles. The standard InChI is InChI=1S/C15H23N3/c16-17-13-9-14-7-4-8-15(10-13)18(14)11-12-5-2-1-3-6-12/h1-3,5-6,13-15,17H,4,7-11,16H2. The van der Waals surface area contributed by atoms with Gasteiger partial charge in [0.2, 0.25) is 0 Å². The van der Waals surface area contributed by atoms with Gasteiger partial charge in [-0.05, 0) is 31.2 Å². The van der Waals surface area contributed by atoms with Crippen LogP contribution in [0, 0.1) is 0 Å². The van der Waals surface area contributed by atoms with E-state index in [9.17, 15) is 0 Å². The highest BCUT2D eigenvalue weighted by Gasteiger charge is 2.37. The predicted octanol–water partition coefficient (Wildman–Crippen LogP) is 2.04. The Balaban J connectivity index is 1.72. The van der Waals surface area contributed by atoms with Gasteiger partial charge in [0.15, 0.2) is 0 Å². The highest BCUT2D eigenvalue weighted by Crippen LogP contribution is 2.34. The van der Waals surface area contributed by atoms with Crippen LogP contribution in [-0.2, 0) is 6.54 Å². The van der Waals surface area contributed by atoms with Gasteiger partial charge >= 0.3 is 0 Å². The second-order valence-corrected chi connectivity index (χ2v) is 5.73. The van der Waals surface area contributed by atoms with Crippen LogP contribution in [0.1, 0.15) is 37.7 Å². The summed E-state index contributed by atoms with van der Waals surface area (Å²) >= 11 is 0. The first-order chi connectivity index (χ1) is 8.86. The normalized spacial score (nSPS) is 32.4. The van der Waals surface area contributed by atoms with Gasteiger partial charge in [0.1, 0.15) is 0 Å². The molecule has 0 radical (unpaired) electrons. The zero-order chi connectivity index (χ0) is 12.4. The van der Waals surface area contributed by atoms with Crippen molar-refractivity contribution < 1.29 is 0 Å². The fourth-order valence-corrected chi connectivity index (χ4v) is 3.67. The Morgan fingerprint density at radius 3 is 2.39 bits per heavy atom. The molecule has 2 heterocycles. The van der Waals surface area contributed by atoms with Gasteiger partial charge in [0.25, 0.3) is 0 Å². The summed E-state index contributed by atoms with van der Waals surface area (Å²) in [5.41, 5.74) is 4.43. The fraction of sp³-hybridized carbons (Fsp3) is 0.600. The maximum Gasteiger partial charge on any atom is 0.0240 e. The summed E-state index contributed by atoms with van der Waals surface area (Å²) in [7, 11) is 0. The highest BCUT2D eigenvalue weighted by molar-refractivity contribution is 5.15. The van der Waals surface area contributed by atoms with Crippen LogP contribution in [0.4, 0.5) is 0 Å². The maximum absolute atomic E-state index is 5.64. The molecule has 3 heteroatoms. The van der Waals surface area contributed by atoms with Gasteiger partial charge in [0, 0.05) is 24.7 Å². The van der Waals surface area contributed by atoms with Crippen molar-refractivity contribution >= 4 is 0 Å². The molecule has 0 saturated carbocycles. The van der Waals surface area contributed by atoms with Crippen molar-refractivity contribution in [3.8, 4) is 0 Å². The number of nitrogens with one attached hydrogen (secondary N) is 1. The topological polar surface area (TPSA) is 41.3 Å². The summed E-state index contributed by atoms with van der Waals surface area (Å²) in [6.07, 6.45) is 6.47. The highest BCUT2D eigenvalue weighted by atomic mass is 15.3. The van der Waals surface area contributed by atoms with Crippen LogP contribution in [0.3, 0.4) is 0 Å². The number of nitrogens with zero attached hydrogens (tertiary/aromatic N) is 1. The first-order valence-corrected chi connectivity index (χ1v) is 7.12. The molecule has 2 fully saturated rings. The van der Waals surface area contributed by atoms with Crippen molar-refractivity contribution in [3.63, 3.8) is 0 Å². The molecule has 0 amide bonds. The first-order valence-electron chi connectivity index (χ1n) is 7.12. The van der Waals surface area contributed by atoms with Gasteiger partial charge in [-0.25, -0.2) is 0 Å². The molecule has 0 aliphatic carbocycles. The van der Waals surface area contributed by atoms with E-state index in [0.29, 0.717) is 6.04 Å². The SMILES string of the molecule is NNC1CC2CCCC(C1)N2Cc1ccccc1. The molecule has 18 heavy (non-hydrogen) atoms. The van der Waals surface area contributed by atoms with Crippen LogP contribution in [0.5, 0.6) is 0 Å². The Labute approximate surface area is 109 Å². The van der Waals surface area contributed by atoms with E-state index in [0.717, 1.165) is 18.6 Å². The third-order valence-electron chi connectivity index (χ3n) is 4.57. The average Bonchev–Trinajstić information content (AvgIpc) is 2.39. The largest absolute Gasteiger partial charge is 0.293 e. The van der Waals surface area contributed by atoms with Gasteiger partial charge in [-0.3, -0.25) is 16.2 Å². The quantitative estimate of drug-likeness (QED) is 0.632. The number of hydrogen-bond acceptors (Lipinski definition) is 3. The van der Waals surface area contributed by atoms with E-state index < -0.39 is 0 Å². The number of piperidine rings is 2. The summed E-state index contributed by atoms with van der Waals surface area (Å²) < 4.78 is 0. The molecular weight excluding hydrogens is 222 g/mol. The van der Waals surface area contributed by atoms with Crippen molar-refractivity contribution in [1.82, 2.24) is 10.3 Å². The Hall–Kier alpha value is -0.900. The smallest absolute Gasteiger partial charge is 0.0240 e. The summed E-state index contributed by atoms with van der Waals surface area (Å²) in [5.74, 6) is 5.64. The second-order valence-electron chi connectivity index (χ2n) is 5.73. The number of fused-ring (bicyclic) bond motifs is 2. The molecule has 2 atom stereocenters. The molecule has 1 aromatic carbocycles. The Morgan fingerprint density at radius 1 is 1.11 bits per heavy atom. The number of rotatable bonds is 3. The molecule has 2 bridgehead atoms. The molecule has 2 unspecified atom stereocenters. The molecule has 0 spiro atoms. The van der Waals surface area contributed by atoms with Crippen molar-refractivity contribution in [2.24, 2.45) is 5.84 Å². The van der Waals surface area contributed by atoms with Crippen molar-refractivity contribution in [3.05, 3.63) is 35.9 Å². The molecule has 98 valence electrons. The van der Waals surface area contributed by atoms with Crippen LogP contribution < -0.4 is 11.3 Å². The zero-order valence-corrected chi connectivity index (χ0v) is 10.9. The molecule has 3 nitrogen and oxygen atoms in total. The molecule has 3 N–H and O–H groups in total. The lowest BCUT2D eigenvalue weighted by molar-refractivity contribution is 0.0177. The van der Waals surface area contributed by atoms with Crippen molar-refractivity contribution in [2.45, 2.75) is 56.8 Å². The van der Waals surface area contributed by atoms with Gasteiger partial charge in [-0.1, -0.05) is 36.8 Å². The lowest BCUT2D eigenvalue weighted by Gasteiger charge is -2.48. The van der Waals surface area contributed by atoms with Crippen LogP contribution in [0.15, 0.2) is 30.3 Å². The molecule has 3 rings (SSSR count). The average molecular weight is 245 g/mol. The summed E-state index contributed by atoms with van der Waals surface area (Å²) in [6.45, 7) is 1.10. The van der Waals surface area contributed by atoms with Crippen LogP contribution in [0.25, 0.3) is 0 Å². The minimum Gasteiger partial charge on any atom is -0.293 e. The van der Waals surface area contributed by atoms with Crippen molar-refractivity contribution in [1.29, 1.82) is 0 Å². The van der Waals surface area contributed by atoms with E-state index in [-0.39, 0.29) is 0 Å². The van der Waals surface area contributed by atoms with Crippen LogP contribution in [-0.4, -0.2) is 23.0 Å². The third-order valence-corrected chi connectivity index (χ3v) is 4.57. The van der Waals surface area contributed by atoms with Gasteiger partial charge < -0.3 is 0 Å². The third kappa shape index (κ3) is 2.44. The minimum atomic E-state index is 0.521. The molecule has 2 aliphatic rings. The van der Waals surface area contributed by atoms with E-state index in [1.807, 2.05) is 0 Å². The Morgan fingerprint density at radius 2 is 1.78 bits per heavy atom. The predicted molar refractivity (Wildman–Crippen MR) is 73.8 cm³/mol. The van der Waals surface area contributed by atoms with E-state index >= 15 is 0 Å². The van der Waals surface area contributed by atoms with Gasteiger partial charge in [-0.2, -0.15) is 0 Å². The van der Waals surface area contributed by atoms with E-state index in [2.05, 4.69) is 40.7 Å². The summed E-state index contributed by atoms with van der Waals surface area (Å²) in [5, 5.41) is 0. The fourth-order valence-electron chi connectivity index (χ4n) is 3.67. The number of benzene rings is 1.